The molecule has 18 heavy (non-hydrogen) atoms. The van der Waals surface area contributed by atoms with Crippen LogP contribution < -0.4 is 10.1 Å². The number of ketones is 1. The third kappa shape index (κ3) is 2.41. The first-order valence-corrected chi connectivity index (χ1v) is 6.51. The molecule has 0 aromatic heterocycles. The highest BCUT2D eigenvalue weighted by molar-refractivity contribution is 6.05. The van der Waals surface area contributed by atoms with Gasteiger partial charge in [-0.05, 0) is 51.8 Å². The number of aryl methyl sites for hydroxylation is 1. The van der Waals surface area contributed by atoms with E-state index in [-0.39, 0.29) is 5.78 Å². The molecule has 1 aromatic carbocycles. The minimum Gasteiger partial charge on any atom is -0.496 e. The van der Waals surface area contributed by atoms with Gasteiger partial charge in [-0.15, -0.1) is 0 Å². The quantitative estimate of drug-likeness (QED) is 0.835. The molecule has 1 aromatic rings. The number of piperidine rings is 1. The Bertz CT molecular complexity index is 448. The van der Waals surface area contributed by atoms with E-state index in [1.807, 2.05) is 32.0 Å². The largest absolute Gasteiger partial charge is 0.496 e. The molecule has 3 heteroatoms. The summed E-state index contributed by atoms with van der Waals surface area (Å²) in [7, 11) is 1.61. The summed E-state index contributed by atoms with van der Waals surface area (Å²) in [5.41, 5.74) is 1.33. The second kappa shape index (κ2) is 5.11. The molecule has 98 valence electrons. The predicted molar refractivity (Wildman–Crippen MR) is 72.3 cm³/mol. The average molecular weight is 247 g/mol. The van der Waals surface area contributed by atoms with Crippen molar-refractivity contribution in [3.8, 4) is 5.75 Å². The van der Waals surface area contributed by atoms with Gasteiger partial charge in [0.25, 0.3) is 0 Å². The van der Waals surface area contributed by atoms with E-state index in [2.05, 4.69) is 5.32 Å². The molecule has 0 saturated carbocycles. The van der Waals surface area contributed by atoms with Crippen LogP contribution in [0.25, 0.3) is 0 Å². The van der Waals surface area contributed by atoms with E-state index < -0.39 is 5.54 Å². The van der Waals surface area contributed by atoms with Crippen molar-refractivity contribution >= 4 is 5.78 Å². The van der Waals surface area contributed by atoms with Crippen molar-refractivity contribution < 1.29 is 9.53 Å². The average Bonchev–Trinajstić information content (AvgIpc) is 2.38. The Kier molecular flexibility index (Phi) is 3.71. The van der Waals surface area contributed by atoms with E-state index in [9.17, 15) is 4.79 Å². The van der Waals surface area contributed by atoms with Crippen LogP contribution in [0.3, 0.4) is 0 Å². The minimum absolute atomic E-state index is 0.141. The number of nitrogens with one attached hydrogen (secondary N) is 1. The van der Waals surface area contributed by atoms with Gasteiger partial charge in [-0.25, -0.2) is 0 Å². The maximum absolute atomic E-state index is 12.7. The highest BCUT2D eigenvalue weighted by atomic mass is 16.5. The van der Waals surface area contributed by atoms with Crippen LogP contribution in [0.5, 0.6) is 5.75 Å². The molecule has 1 aliphatic heterocycles. The van der Waals surface area contributed by atoms with Crippen molar-refractivity contribution in [1.29, 1.82) is 0 Å². The molecule has 2 rings (SSSR count). The van der Waals surface area contributed by atoms with Crippen molar-refractivity contribution in [3.63, 3.8) is 0 Å². The Morgan fingerprint density at radius 1 is 1.39 bits per heavy atom. The number of methoxy groups -OCH3 is 1. The van der Waals surface area contributed by atoms with Gasteiger partial charge in [0.05, 0.1) is 18.2 Å². The molecule has 0 radical (unpaired) electrons. The Labute approximate surface area is 109 Å². The summed E-state index contributed by atoms with van der Waals surface area (Å²) in [6.07, 6.45) is 3.14. The lowest BCUT2D eigenvalue weighted by molar-refractivity contribution is 0.0831. The van der Waals surface area contributed by atoms with E-state index in [1.54, 1.807) is 7.11 Å². The molecule has 0 amide bonds. The van der Waals surface area contributed by atoms with Crippen LogP contribution in [0, 0.1) is 6.92 Å². The number of carbonyl (C=O) groups excluding carboxylic acids is 1. The summed E-state index contributed by atoms with van der Waals surface area (Å²) in [6.45, 7) is 4.90. The van der Waals surface area contributed by atoms with Crippen LogP contribution in [0.1, 0.15) is 42.1 Å². The van der Waals surface area contributed by atoms with Crippen LogP contribution in [-0.2, 0) is 0 Å². The van der Waals surface area contributed by atoms with Gasteiger partial charge >= 0.3 is 0 Å². The third-order valence-corrected chi connectivity index (χ3v) is 3.72. The van der Waals surface area contributed by atoms with Crippen LogP contribution in [0.2, 0.25) is 0 Å². The summed E-state index contributed by atoms with van der Waals surface area (Å²) in [5.74, 6) is 0.807. The number of rotatable bonds is 3. The zero-order chi connectivity index (χ0) is 13.2. The third-order valence-electron chi connectivity index (χ3n) is 3.72. The summed E-state index contributed by atoms with van der Waals surface area (Å²) >= 11 is 0. The number of Topliss-reactive ketones (excluding diaryl/α,β-unsaturated/α-hetero) is 1. The monoisotopic (exact) mass is 247 g/mol. The number of hydrogen-bond donors (Lipinski definition) is 1. The molecule has 1 N–H and O–H groups in total. The molecule has 0 bridgehead atoms. The number of hydrogen-bond acceptors (Lipinski definition) is 3. The minimum atomic E-state index is -0.445. The van der Waals surface area contributed by atoms with Gasteiger partial charge in [0, 0.05) is 0 Å². The van der Waals surface area contributed by atoms with Crippen molar-refractivity contribution in [1.82, 2.24) is 5.32 Å². The number of ether oxygens (including phenoxy) is 1. The maximum atomic E-state index is 12.7. The van der Waals surface area contributed by atoms with Crippen LogP contribution in [-0.4, -0.2) is 25.0 Å². The topological polar surface area (TPSA) is 38.3 Å². The lowest BCUT2D eigenvalue weighted by Gasteiger charge is -2.33. The fraction of sp³-hybridized carbons (Fsp3) is 0.533. The maximum Gasteiger partial charge on any atom is 0.186 e. The zero-order valence-electron chi connectivity index (χ0n) is 11.4. The summed E-state index contributed by atoms with van der Waals surface area (Å²) in [6, 6.07) is 5.75. The number of benzene rings is 1. The SMILES string of the molecule is COc1ccc(C)cc1C(=O)C1(C)CCCCN1. The highest BCUT2D eigenvalue weighted by Gasteiger charge is 2.36. The Morgan fingerprint density at radius 3 is 2.78 bits per heavy atom. The molecular weight excluding hydrogens is 226 g/mol. The Hall–Kier alpha value is -1.35. The van der Waals surface area contributed by atoms with Crippen LogP contribution >= 0.6 is 0 Å². The molecule has 1 fully saturated rings. The lowest BCUT2D eigenvalue weighted by Crippen LogP contribution is -2.52. The fourth-order valence-corrected chi connectivity index (χ4v) is 2.55. The first-order valence-electron chi connectivity index (χ1n) is 6.51. The molecule has 0 spiro atoms. The second-order valence-corrected chi connectivity index (χ2v) is 5.25. The molecule has 1 aliphatic rings. The highest BCUT2D eigenvalue weighted by Crippen LogP contribution is 2.28. The molecule has 1 heterocycles. The molecule has 0 aliphatic carbocycles. The fourth-order valence-electron chi connectivity index (χ4n) is 2.55. The lowest BCUT2D eigenvalue weighted by atomic mass is 9.83. The standard InChI is InChI=1S/C15H21NO2/c1-11-6-7-13(18-3)12(10-11)14(17)15(2)8-4-5-9-16-15/h6-7,10,16H,4-5,8-9H2,1-3H3. The van der Waals surface area contributed by atoms with Gasteiger partial charge in [-0.3, -0.25) is 4.79 Å². The smallest absolute Gasteiger partial charge is 0.186 e. The molecule has 1 saturated heterocycles. The van der Waals surface area contributed by atoms with Gasteiger partial charge in [-0.1, -0.05) is 11.6 Å². The molecule has 1 atom stereocenters. The predicted octanol–water partition coefficient (Wildman–Crippen LogP) is 2.72. The van der Waals surface area contributed by atoms with Gasteiger partial charge in [0.2, 0.25) is 0 Å². The van der Waals surface area contributed by atoms with Gasteiger partial charge in [0.15, 0.2) is 5.78 Å². The summed E-state index contributed by atoms with van der Waals surface area (Å²) in [5, 5.41) is 3.36. The van der Waals surface area contributed by atoms with Gasteiger partial charge in [0.1, 0.15) is 5.75 Å². The summed E-state index contributed by atoms with van der Waals surface area (Å²) < 4.78 is 5.31. The van der Waals surface area contributed by atoms with Crippen molar-refractivity contribution in [2.45, 2.75) is 38.6 Å². The number of carbonyl (C=O) groups is 1. The molecule has 3 nitrogen and oxygen atoms in total. The molecular formula is C15H21NO2. The van der Waals surface area contributed by atoms with Crippen molar-refractivity contribution in [2.24, 2.45) is 0 Å². The molecule has 1 unspecified atom stereocenters. The normalized spacial score (nSPS) is 23.7. The van der Waals surface area contributed by atoms with E-state index in [0.717, 1.165) is 31.4 Å². The Morgan fingerprint density at radius 2 is 2.17 bits per heavy atom. The second-order valence-electron chi connectivity index (χ2n) is 5.25. The van der Waals surface area contributed by atoms with Gasteiger partial charge in [-0.2, -0.15) is 0 Å². The van der Waals surface area contributed by atoms with E-state index in [1.165, 1.54) is 0 Å². The zero-order valence-corrected chi connectivity index (χ0v) is 11.4. The Balaban J connectivity index is 2.35. The van der Waals surface area contributed by atoms with Crippen LogP contribution in [0.15, 0.2) is 18.2 Å². The first kappa shape index (κ1) is 13.1. The first-order chi connectivity index (χ1) is 8.57. The van der Waals surface area contributed by atoms with Crippen LogP contribution in [0.4, 0.5) is 0 Å². The van der Waals surface area contributed by atoms with Gasteiger partial charge < -0.3 is 10.1 Å². The van der Waals surface area contributed by atoms with E-state index in [0.29, 0.717) is 11.3 Å². The van der Waals surface area contributed by atoms with Crippen molar-refractivity contribution in [2.75, 3.05) is 13.7 Å². The summed E-state index contributed by atoms with van der Waals surface area (Å²) in [4.78, 5) is 12.7. The van der Waals surface area contributed by atoms with E-state index >= 15 is 0 Å². The van der Waals surface area contributed by atoms with Crippen molar-refractivity contribution in [3.05, 3.63) is 29.3 Å². The van der Waals surface area contributed by atoms with E-state index in [4.69, 9.17) is 4.74 Å².